The van der Waals surface area contributed by atoms with Crippen LogP contribution in [0.25, 0.3) is 0 Å². The van der Waals surface area contributed by atoms with Crippen LogP contribution in [-0.4, -0.2) is 62.3 Å². The number of nitrogens with zero attached hydrogens (tertiary/aromatic N) is 1. The molecular formula is C7H13NO4SSe. The number of morpholine rings is 1. The molecule has 1 aliphatic heterocycles. The Balaban J connectivity index is 2.07. The molecule has 0 aromatic rings. The first-order chi connectivity index (χ1) is 6.84. The Morgan fingerprint density at radius 1 is 1.50 bits per heavy atom. The van der Waals surface area contributed by atoms with Gasteiger partial charge in [-0.15, -0.1) is 0 Å². The maximum atomic E-state index is 7.90. The Bertz CT molecular complexity index is 177. The minimum atomic E-state index is 0.736. The number of rotatable bonds is 6. The van der Waals surface area contributed by atoms with Crippen LogP contribution in [0.1, 0.15) is 6.42 Å². The van der Waals surface area contributed by atoms with E-state index in [-0.39, 0.29) is 0 Å². The van der Waals surface area contributed by atoms with Crippen LogP contribution in [-0.2, 0) is 14.1 Å². The van der Waals surface area contributed by atoms with E-state index < -0.39 is 0 Å². The molecule has 7 heteroatoms. The van der Waals surface area contributed by atoms with Crippen molar-refractivity contribution in [3.05, 3.63) is 0 Å². The summed E-state index contributed by atoms with van der Waals surface area (Å²) in [6.07, 6.45) is 0.869. The molecule has 0 aromatic heterocycles. The summed E-state index contributed by atoms with van der Waals surface area (Å²) in [7, 11) is 0. The van der Waals surface area contributed by atoms with Gasteiger partial charge >= 0.3 is 94.9 Å². The van der Waals surface area contributed by atoms with Gasteiger partial charge in [0.2, 0.25) is 0 Å². The molecule has 1 fully saturated rings. The van der Waals surface area contributed by atoms with Crippen LogP contribution in [0.2, 0.25) is 0 Å². The molecule has 5 nitrogen and oxygen atoms in total. The minimum absolute atomic E-state index is 0.736. The molecule has 0 atom stereocenters. The summed E-state index contributed by atoms with van der Waals surface area (Å²) < 4.78 is 10.7. The molecule has 0 radical (unpaired) electrons. The third kappa shape index (κ3) is 4.75. The molecule has 0 unspecified atom stereocenters. The number of ether oxygens (including phenoxy) is 1. The predicted molar refractivity (Wildman–Crippen MR) is 55.0 cm³/mol. The van der Waals surface area contributed by atoms with Crippen molar-refractivity contribution in [2.45, 2.75) is 6.42 Å². The molecule has 0 spiro atoms. The fourth-order valence-corrected chi connectivity index (χ4v) is 2.43. The molecule has 0 aliphatic carbocycles. The van der Waals surface area contributed by atoms with Crippen LogP contribution in [0.4, 0.5) is 0 Å². The van der Waals surface area contributed by atoms with Crippen molar-refractivity contribution < 1.29 is 19.4 Å². The van der Waals surface area contributed by atoms with E-state index in [1.54, 1.807) is 0 Å². The summed E-state index contributed by atoms with van der Waals surface area (Å²) in [6, 6.07) is 0. The molecule has 0 amide bonds. The molecule has 1 heterocycles. The van der Waals surface area contributed by atoms with Gasteiger partial charge in [0.15, 0.2) is 0 Å². The van der Waals surface area contributed by atoms with E-state index in [4.69, 9.17) is 9.99 Å². The number of hydrogen-bond donors (Lipinski definition) is 1. The van der Waals surface area contributed by atoms with Crippen molar-refractivity contribution in [1.29, 1.82) is 0 Å². The quantitative estimate of drug-likeness (QED) is 0.245. The zero-order chi connectivity index (χ0) is 10.2. The number of hydrogen-bond acceptors (Lipinski definition) is 6. The summed E-state index contributed by atoms with van der Waals surface area (Å²) >= 11 is 4.11. The molecular weight excluding hydrogens is 273 g/mol. The van der Waals surface area contributed by atoms with Crippen molar-refractivity contribution in [3.8, 4) is 0 Å². The third-order valence-electron chi connectivity index (χ3n) is 1.84. The summed E-state index contributed by atoms with van der Waals surface area (Å²) in [5.74, 6) is 0.736. The average molecular weight is 286 g/mol. The van der Waals surface area contributed by atoms with Gasteiger partial charge in [0.1, 0.15) is 0 Å². The van der Waals surface area contributed by atoms with Crippen molar-refractivity contribution in [2.24, 2.45) is 0 Å². The van der Waals surface area contributed by atoms with E-state index in [1.165, 1.54) is 4.54 Å². The van der Waals surface area contributed by atoms with E-state index >= 15 is 0 Å². The van der Waals surface area contributed by atoms with Crippen molar-refractivity contribution in [2.75, 3.05) is 32.1 Å². The van der Waals surface area contributed by atoms with Gasteiger partial charge in [0.25, 0.3) is 0 Å². The first kappa shape index (κ1) is 12.4. The first-order valence-electron chi connectivity index (χ1n) is 4.30. The second kappa shape index (κ2) is 7.64. The summed E-state index contributed by atoms with van der Waals surface area (Å²) in [4.78, 5) is 2.25. The molecule has 1 rings (SSSR count). The van der Waals surface area contributed by atoms with Crippen molar-refractivity contribution in [3.63, 3.8) is 0 Å². The Morgan fingerprint density at radius 3 is 2.86 bits per heavy atom. The van der Waals surface area contributed by atoms with Crippen molar-refractivity contribution >= 4 is 32.2 Å². The van der Waals surface area contributed by atoms with E-state index in [9.17, 15) is 0 Å². The van der Waals surface area contributed by atoms with Crippen LogP contribution in [0, 0.1) is 0 Å². The van der Waals surface area contributed by atoms with Crippen LogP contribution < -0.4 is 0 Å². The Hall–Kier alpha value is 0.379. The summed E-state index contributed by atoms with van der Waals surface area (Å²) in [5.41, 5.74) is 0. The zero-order valence-electron chi connectivity index (χ0n) is 7.68. The maximum absolute atomic E-state index is 7.90. The van der Waals surface area contributed by atoms with Gasteiger partial charge in [0, 0.05) is 0 Å². The van der Waals surface area contributed by atoms with Gasteiger partial charge in [-0.25, -0.2) is 0 Å². The molecule has 1 N–H and O–H groups in total. The SMILES string of the molecule is OOOSCCC(=[Se])N1CCOCC1. The van der Waals surface area contributed by atoms with Gasteiger partial charge in [-0.2, -0.15) is 0 Å². The predicted octanol–water partition coefficient (Wildman–Crippen LogP) is 0.0765. The molecule has 82 valence electrons. The van der Waals surface area contributed by atoms with Gasteiger partial charge < -0.3 is 0 Å². The second-order valence-electron chi connectivity index (χ2n) is 2.71. The van der Waals surface area contributed by atoms with Crippen LogP contribution >= 0.6 is 12.0 Å². The van der Waals surface area contributed by atoms with E-state index in [0.717, 1.165) is 50.5 Å². The fraction of sp³-hybridized carbons (Fsp3) is 0.857. The van der Waals surface area contributed by atoms with Gasteiger partial charge in [0.05, 0.1) is 0 Å². The molecule has 0 saturated carbocycles. The second-order valence-corrected chi connectivity index (χ2v) is 4.48. The molecule has 0 aromatic carbocycles. The third-order valence-corrected chi connectivity index (χ3v) is 3.34. The Labute approximate surface area is 95.1 Å². The molecule has 14 heavy (non-hydrogen) atoms. The molecule has 1 saturated heterocycles. The normalized spacial score (nSPS) is 17.1. The van der Waals surface area contributed by atoms with Crippen LogP contribution in [0.3, 0.4) is 0 Å². The topological polar surface area (TPSA) is 51.2 Å². The van der Waals surface area contributed by atoms with Gasteiger partial charge in [-0.3, -0.25) is 0 Å². The summed E-state index contributed by atoms with van der Waals surface area (Å²) in [6.45, 7) is 3.44. The van der Waals surface area contributed by atoms with Crippen LogP contribution in [0.5, 0.6) is 0 Å². The van der Waals surface area contributed by atoms with E-state index in [0.29, 0.717) is 0 Å². The Morgan fingerprint density at radius 2 is 2.21 bits per heavy atom. The molecule has 0 bridgehead atoms. The fourth-order valence-electron chi connectivity index (χ4n) is 1.16. The first-order valence-corrected chi connectivity index (χ1v) is 6.06. The van der Waals surface area contributed by atoms with Gasteiger partial charge in [-0.05, 0) is 0 Å². The zero-order valence-corrected chi connectivity index (χ0v) is 10.2. The average Bonchev–Trinajstić information content (AvgIpc) is 2.25. The monoisotopic (exact) mass is 287 g/mol. The van der Waals surface area contributed by atoms with Gasteiger partial charge in [-0.1, -0.05) is 0 Å². The van der Waals surface area contributed by atoms with Crippen molar-refractivity contribution in [1.82, 2.24) is 4.90 Å². The summed E-state index contributed by atoms with van der Waals surface area (Å²) in [5, 5.41) is 11.4. The van der Waals surface area contributed by atoms with E-state index in [1.807, 2.05) is 0 Å². The molecule has 1 aliphatic rings. The standard InChI is InChI=1S/C7H13NO4SSe/c9-11-12-13-6-1-7(14)8-2-4-10-5-3-8/h9H,1-6H2. The van der Waals surface area contributed by atoms with Crippen LogP contribution in [0.15, 0.2) is 0 Å². The van der Waals surface area contributed by atoms with E-state index in [2.05, 4.69) is 29.8 Å². The Kier molecular flexibility index (Phi) is 6.80.